The number of amides is 1. The fourth-order valence-electron chi connectivity index (χ4n) is 7.46. The molecular weight excluding hydrogens is 582 g/mol. The topological polar surface area (TPSA) is 83.2 Å². The Labute approximate surface area is 260 Å². The molecule has 2 bridgehead atoms. The van der Waals surface area contributed by atoms with E-state index in [1.165, 1.54) is 11.1 Å². The third-order valence-electron chi connectivity index (χ3n) is 10.4. The van der Waals surface area contributed by atoms with Gasteiger partial charge in [0.15, 0.2) is 0 Å². The fourth-order valence-corrected chi connectivity index (χ4v) is 9.13. The average Bonchev–Trinajstić information content (AvgIpc) is 3.11. The zero-order valence-electron chi connectivity index (χ0n) is 24.9. The van der Waals surface area contributed by atoms with Gasteiger partial charge < -0.3 is 14.7 Å². The van der Waals surface area contributed by atoms with Crippen molar-refractivity contribution in [2.45, 2.75) is 68.8 Å². The number of benzene rings is 2. The number of carbonyl (C=O) groups is 1. The summed E-state index contributed by atoms with van der Waals surface area (Å²) < 4.78 is 22.9. The van der Waals surface area contributed by atoms with Gasteiger partial charge in [-0.05, 0) is 105 Å². The van der Waals surface area contributed by atoms with Crippen LogP contribution in [0.3, 0.4) is 0 Å². The molecular formula is C34H40ClN3O4S. The molecule has 0 radical (unpaired) electrons. The van der Waals surface area contributed by atoms with Crippen molar-refractivity contribution < 1.29 is 18.8 Å². The number of nitrogens with one attached hydrogen (secondary N) is 1. The Hall–Kier alpha value is -2.99. The Morgan fingerprint density at radius 1 is 1.23 bits per heavy atom. The first-order chi connectivity index (χ1) is 20.4. The molecule has 2 aromatic rings. The van der Waals surface area contributed by atoms with Gasteiger partial charge >= 0.3 is 5.72 Å². The van der Waals surface area contributed by atoms with E-state index in [1.807, 2.05) is 38.1 Å². The van der Waals surface area contributed by atoms with E-state index in [0.29, 0.717) is 37.4 Å². The summed E-state index contributed by atoms with van der Waals surface area (Å²) in [5.41, 5.74) is 1.77. The van der Waals surface area contributed by atoms with Gasteiger partial charge in [0.05, 0.1) is 27.9 Å². The predicted molar refractivity (Wildman–Crippen MR) is 173 cm³/mol. The van der Waals surface area contributed by atoms with Crippen LogP contribution in [0.15, 0.2) is 48.6 Å². The van der Waals surface area contributed by atoms with Crippen molar-refractivity contribution in [1.29, 1.82) is 0 Å². The highest BCUT2D eigenvalue weighted by atomic mass is 35.5. The number of aryl methyl sites for hydroxylation is 1. The lowest BCUT2D eigenvalue weighted by atomic mass is 9.66. The minimum atomic E-state index is -2.99. The highest BCUT2D eigenvalue weighted by Gasteiger charge is 2.52. The van der Waals surface area contributed by atoms with E-state index in [-0.39, 0.29) is 23.2 Å². The summed E-state index contributed by atoms with van der Waals surface area (Å²) >= 11 is 6.40. The number of nitrogens with zero attached hydrogens (tertiary/aromatic N) is 2. The Balaban J connectivity index is 1.45. The maximum Gasteiger partial charge on any atom is 0.357 e. The van der Waals surface area contributed by atoms with Gasteiger partial charge in [-0.25, -0.2) is 10.8 Å². The zero-order chi connectivity index (χ0) is 30.6. The molecule has 2 aliphatic carbocycles. The molecule has 1 unspecified atom stereocenters. The number of carbonyl (C=O) groups excluding carboxylic acids is 1. The quantitative estimate of drug-likeness (QED) is 0.221. The van der Waals surface area contributed by atoms with Crippen molar-refractivity contribution in [3.05, 3.63) is 81.7 Å². The molecule has 2 N–H and O–H groups in total. The zero-order valence-corrected chi connectivity index (χ0v) is 26.4. The molecule has 2 aliphatic heterocycles. The van der Waals surface area contributed by atoms with Gasteiger partial charge in [-0.2, -0.15) is 0 Å². The van der Waals surface area contributed by atoms with Gasteiger partial charge in [0.25, 0.3) is 5.91 Å². The average molecular weight is 622 g/mol. The number of rotatable bonds is 0. The number of halogens is 1. The number of hydrogen-bond acceptors (Lipinski definition) is 5. The van der Waals surface area contributed by atoms with E-state index in [4.69, 9.17) is 22.9 Å². The lowest BCUT2D eigenvalue weighted by Crippen LogP contribution is -2.51. The summed E-state index contributed by atoms with van der Waals surface area (Å²) in [6, 6.07) is 11.5. The molecule has 0 saturated heterocycles. The standard InChI is InChI=1S/C34H40ClN3O4S/c1-22-7-5-16-34(40,36-3)29-12-9-26(29)19-38-20-33(15-6-8-24-17-27(35)11-13-28(24)33)21-42-31-14-10-25(18-30(31)38)32(39)37-43(4,41)23(22)2/h5,10-11,13-14,16-18,22-23,26,29,40H,4,6-9,12,15,19-21H2,1-2H3,(H,37,39,41)/b16-5+/t22-,23+,26-,29+,33-,34+,43?/m0/s1. The van der Waals surface area contributed by atoms with Crippen molar-refractivity contribution >= 4 is 38.8 Å². The van der Waals surface area contributed by atoms with Crippen molar-refractivity contribution in [2.75, 3.05) is 24.6 Å². The minimum Gasteiger partial charge on any atom is -0.490 e. The molecule has 7 atom stereocenters. The monoisotopic (exact) mass is 621 g/mol. The summed E-state index contributed by atoms with van der Waals surface area (Å²) in [4.78, 5) is 19.5. The van der Waals surface area contributed by atoms with Crippen LogP contribution in [0.1, 0.15) is 67.4 Å². The molecule has 1 saturated carbocycles. The normalized spacial score (nSPS) is 36.5. The first kappa shape index (κ1) is 30.1. The highest BCUT2D eigenvalue weighted by molar-refractivity contribution is 7.99. The molecule has 2 heterocycles. The van der Waals surface area contributed by atoms with Crippen LogP contribution in [0.4, 0.5) is 5.69 Å². The van der Waals surface area contributed by atoms with E-state index in [9.17, 15) is 14.1 Å². The van der Waals surface area contributed by atoms with Gasteiger partial charge in [0.1, 0.15) is 5.75 Å². The van der Waals surface area contributed by atoms with Gasteiger partial charge in [0, 0.05) is 40.4 Å². The smallest absolute Gasteiger partial charge is 0.357 e. The summed E-state index contributed by atoms with van der Waals surface area (Å²) in [7, 11) is -2.99. The first-order valence-corrected chi connectivity index (χ1v) is 17.4. The second-order valence-corrected chi connectivity index (χ2v) is 15.9. The van der Waals surface area contributed by atoms with E-state index in [0.717, 1.165) is 42.8 Å². The summed E-state index contributed by atoms with van der Waals surface area (Å²) in [6.07, 6.45) is 8.56. The van der Waals surface area contributed by atoms with Crippen LogP contribution in [-0.4, -0.2) is 51.8 Å². The molecule has 228 valence electrons. The van der Waals surface area contributed by atoms with Crippen LogP contribution in [0, 0.1) is 24.3 Å². The van der Waals surface area contributed by atoms with Crippen LogP contribution in [0.2, 0.25) is 5.02 Å². The number of fused-ring (bicyclic) bond motifs is 4. The van der Waals surface area contributed by atoms with Crippen molar-refractivity contribution in [2.24, 2.45) is 17.8 Å². The van der Waals surface area contributed by atoms with Gasteiger partial charge in [0.2, 0.25) is 0 Å². The molecule has 4 aliphatic rings. The number of allylic oxidation sites excluding steroid dienone is 1. The molecule has 9 heteroatoms. The van der Waals surface area contributed by atoms with E-state index in [1.54, 1.807) is 12.1 Å². The molecule has 6 rings (SSSR count). The molecule has 7 nitrogen and oxygen atoms in total. The van der Waals surface area contributed by atoms with Crippen LogP contribution < -0.4 is 14.4 Å². The Kier molecular flexibility index (Phi) is 7.81. The second kappa shape index (κ2) is 11.2. The van der Waals surface area contributed by atoms with E-state index in [2.05, 4.69) is 32.5 Å². The third-order valence-corrected chi connectivity index (χ3v) is 12.9. The number of anilines is 1. The maximum atomic E-state index is 13.6. The maximum absolute atomic E-state index is 13.6. The highest BCUT2D eigenvalue weighted by Crippen LogP contribution is 2.48. The number of hydrogen-bond donors (Lipinski definition) is 2. The van der Waals surface area contributed by atoms with Crippen LogP contribution in [0.5, 0.6) is 5.75 Å². The predicted octanol–water partition coefficient (Wildman–Crippen LogP) is 5.79. The SMILES string of the molecule is [C-]#[N+][C@@]1(O)/C=C/C[C@H](C)[C@@H](C)S(=C)(=O)NC(=O)c2ccc3c(c2)N(C[C@@H]2CC[C@H]21)C[C@@]1(CCCc2cc(Cl)ccc21)CO3. The van der Waals surface area contributed by atoms with Crippen LogP contribution in [0.25, 0.3) is 4.85 Å². The van der Waals surface area contributed by atoms with Gasteiger partial charge in [-0.1, -0.05) is 30.7 Å². The van der Waals surface area contributed by atoms with Crippen molar-refractivity contribution in [1.82, 2.24) is 4.72 Å². The molecule has 0 aromatic heterocycles. The lowest BCUT2D eigenvalue weighted by Gasteiger charge is -2.45. The van der Waals surface area contributed by atoms with Gasteiger partial charge in [-0.3, -0.25) is 14.4 Å². The summed E-state index contributed by atoms with van der Waals surface area (Å²) in [6.45, 7) is 13.5. The molecule has 1 amide bonds. The molecule has 43 heavy (non-hydrogen) atoms. The summed E-state index contributed by atoms with van der Waals surface area (Å²) in [5, 5.41) is 11.9. The van der Waals surface area contributed by atoms with E-state index < -0.39 is 26.6 Å². The molecule has 2 aromatic carbocycles. The second-order valence-electron chi connectivity index (χ2n) is 13.1. The lowest BCUT2D eigenvalue weighted by molar-refractivity contribution is -0.0121. The van der Waals surface area contributed by atoms with Crippen molar-refractivity contribution in [3.8, 4) is 5.75 Å². The fraction of sp³-hybridized carbons (Fsp3) is 0.500. The number of aliphatic hydroxyl groups is 1. The molecule has 1 spiro atoms. The molecule has 1 fully saturated rings. The van der Waals surface area contributed by atoms with Crippen LogP contribution in [-0.2, 0) is 21.5 Å². The Morgan fingerprint density at radius 2 is 2.05 bits per heavy atom. The number of ether oxygens (including phenoxy) is 1. The van der Waals surface area contributed by atoms with Gasteiger partial charge in [-0.15, -0.1) is 0 Å². The largest absolute Gasteiger partial charge is 0.490 e. The van der Waals surface area contributed by atoms with Crippen LogP contribution >= 0.6 is 11.6 Å². The van der Waals surface area contributed by atoms with Crippen molar-refractivity contribution in [3.63, 3.8) is 0 Å². The van der Waals surface area contributed by atoms with E-state index >= 15 is 0 Å². The summed E-state index contributed by atoms with van der Waals surface area (Å²) in [5.74, 6) is 3.95. The Morgan fingerprint density at radius 3 is 2.79 bits per heavy atom. The minimum absolute atomic E-state index is 0.0837. The first-order valence-electron chi connectivity index (χ1n) is 15.2. The Bertz CT molecular complexity index is 1620. The third kappa shape index (κ3) is 5.45.